The highest BCUT2D eigenvalue weighted by Crippen LogP contribution is 2.20. The lowest BCUT2D eigenvalue weighted by Crippen LogP contribution is -2.02. The molecule has 0 aliphatic carbocycles. The van der Waals surface area contributed by atoms with E-state index < -0.39 is 0 Å². The summed E-state index contributed by atoms with van der Waals surface area (Å²) in [5.41, 5.74) is 0. The van der Waals surface area contributed by atoms with E-state index in [1.165, 1.54) is 19.3 Å². The van der Waals surface area contributed by atoms with Crippen LogP contribution >= 0.6 is 0 Å². The Labute approximate surface area is 83.7 Å². The summed E-state index contributed by atoms with van der Waals surface area (Å²) >= 11 is 0. The predicted molar refractivity (Wildman–Crippen MR) is 61.7 cm³/mol. The molecule has 76 valence electrons. The van der Waals surface area contributed by atoms with Gasteiger partial charge in [0.2, 0.25) is 0 Å². The van der Waals surface area contributed by atoms with Crippen molar-refractivity contribution in [2.75, 3.05) is 0 Å². The van der Waals surface area contributed by atoms with E-state index in [9.17, 15) is 0 Å². The largest absolute Gasteiger partial charge is 0.103 e. The van der Waals surface area contributed by atoms with Crippen molar-refractivity contribution in [1.29, 1.82) is 0 Å². The Hall–Kier alpha value is -0.520. The first kappa shape index (κ1) is 12.5. The molecule has 0 saturated heterocycles. The molecule has 0 N–H and O–H groups in total. The van der Waals surface area contributed by atoms with E-state index in [1.807, 2.05) is 12.2 Å². The quantitative estimate of drug-likeness (QED) is 0.508. The normalized spacial score (nSPS) is 17.5. The summed E-state index contributed by atoms with van der Waals surface area (Å²) in [7, 11) is 0. The molecule has 0 aromatic carbocycles. The van der Waals surface area contributed by atoms with Crippen molar-refractivity contribution in [3.05, 3.63) is 25.3 Å². The molecule has 0 spiro atoms. The SMILES string of the molecule is C=CC(C)CCC(C)CC(C)C=C. The van der Waals surface area contributed by atoms with E-state index in [0.29, 0.717) is 11.8 Å². The van der Waals surface area contributed by atoms with Gasteiger partial charge in [-0.3, -0.25) is 0 Å². The van der Waals surface area contributed by atoms with E-state index in [1.54, 1.807) is 0 Å². The minimum Gasteiger partial charge on any atom is -0.103 e. The van der Waals surface area contributed by atoms with Gasteiger partial charge in [0.1, 0.15) is 0 Å². The van der Waals surface area contributed by atoms with Crippen molar-refractivity contribution < 1.29 is 0 Å². The number of hydrogen-bond acceptors (Lipinski definition) is 0. The van der Waals surface area contributed by atoms with E-state index in [2.05, 4.69) is 33.9 Å². The Morgan fingerprint density at radius 2 is 1.46 bits per heavy atom. The molecule has 0 radical (unpaired) electrons. The van der Waals surface area contributed by atoms with Crippen LogP contribution in [0.1, 0.15) is 40.0 Å². The molecule has 0 aromatic rings. The van der Waals surface area contributed by atoms with Crippen LogP contribution < -0.4 is 0 Å². The third kappa shape index (κ3) is 6.62. The zero-order valence-corrected chi connectivity index (χ0v) is 9.42. The average Bonchev–Trinajstić information content (AvgIpc) is 2.13. The summed E-state index contributed by atoms with van der Waals surface area (Å²) in [5, 5.41) is 0. The smallest absolute Gasteiger partial charge is 0.0262 e. The fourth-order valence-corrected chi connectivity index (χ4v) is 1.51. The fraction of sp³-hybridized carbons (Fsp3) is 0.692. The van der Waals surface area contributed by atoms with E-state index >= 15 is 0 Å². The molecular weight excluding hydrogens is 156 g/mol. The molecule has 0 nitrogen and oxygen atoms in total. The standard InChI is InChI=1S/C13H24/c1-6-11(3)8-9-13(5)10-12(4)7-2/h6-7,11-13H,1-2,8-10H2,3-5H3. The average molecular weight is 180 g/mol. The third-order valence-corrected chi connectivity index (χ3v) is 2.69. The van der Waals surface area contributed by atoms with Gasteiger partial charge < -0.3 is 0 Å². The summed E-state index contributed by atoms with van der Waals surface area (Å²) in [6.07, 6.45) is 7.95. The van der Waals surface area contributed by atoms with E-state index in [4.69, 9.17) is 0 Å². The topological polar surface area (TPSA) is 0 Å². The Kier molecular flexibility index (Phi) is 6.66. The molecule has 0 aliphatic heterocycles. The van der Waals surface area contributed by atoms with Crippen molar-refractivity contribution in [2.45, 2.75) is 40.0 Å². The second-order valence-corrected chi connectivity index (χ2v) is 4.34. The summed E-state index contributed by atoms with van der Waals surface area (Å²) < 4.78 is 0. The molecular formula is C13H24. The van der Waals surface area contributed by atoms with Crippen LogP contribution in [0.4, 0.5) is 0 Å². The second kappa shape index (κ2) is 6.94. The summed E-state index contributed by atoms with van der Waals surface area (Å²) in [4.78, 5) is 0. The summed E-state index contributed by atoms with van der Waals surface area (Å²) in [6, 6.07) is 0. The van der Waals surface area contributed by atoms with Crippen molar-refractivity contribution in [3.8, 4) is 0 Å². The van der Waals surface area contributed by atoms with Gasteiger partial charge in [0.15, 0.2) is 0 Å². The maximum atomic E-state index is 3.81. The van der Waals surface area contributed by atoms with Gasteiger partial charge in [-0.1, -0.05) is 39.3 Å². The van der Waals surface area contributed by atoms with Gasteiger partial charge in [-0.15, -0.1) is 13.2 Å². The molecule has 0 fully saturated rings. The van der Waals surface area contributed by atoms with Crippen LogP contribution in [0.2, 0.25) is 0 Å². The molecule has 0 aromatic heterocycles. The van der Waals surface area contributed by atoms with Crippen LogP contribution in [0.3, 0.4) is 0 Å². The van der Waals surface area contributed by atoms with Crippen molar-refractivity contribution in [1.82, 2.24) is 0 Å². The molecule has 0 heteroatoms. The number of allylic oxidation sites excluding steroid dienone is 2. The van der Waals surface area contributed by atoms with Gasteiger partial charge in [-0.25, -0.2) is 0 Å². The molecule has 3 unspecified atom stereocenters. The van der Waals surface area contributed by atoms with Crippen molar-refractivity contribution in [2.24, 2.45) is 17.8 Å². The lowest BCUT2D eigenvalue weighted by molar-refractivity contribution is 0.407. The molecule has 0 amide bonds. The first-order valence-corrected chi connectivity index (χ1v) is 5.35. The Bertz CT molecular complexity index is 146. The number of rotatable bonds is 7. The summed E-state index contributed by atoms with van der Waals surface area (Å²) in [5.74, 6) is 2.14. The van der Waals surface area contributed by atoms with Crippen LogP contribution in [0.25, 0.3) is 0 Å². The van der Waals surface area contributed by atoms with Gasteiger partial charge >= 0.3 is 0 Å². The van der Waals surface area contributed by atoms with Gasteiger partial charge in [0.05, 0.1) is 0 Å². The Morgan fingerprint density at radius 3 is 1.92 bits per heavy atom. The zero-order valence-electron chi connectivity index (χ0n) is 9.42. The maximum Gasteiger partial charge on any atom is -0.0262 e. The Balaban J connectivity index is 3.55. The van der Waals surface area contributed by atoms with Crippen LogP contribution in [0.15, 0.2) is 25.3 Å². The highest BCUT2D eigenvalue weighted by atomic mass is 14.1. The van der Waals surface area contributed by atoms with Crippen LogP contribution in [0.5, 0.6) is 0 Å². The minimum atomic E-state index is 0.661. The van der Waals surface area contributed by atoms with Gasteiger partial charge in [-0.05, 0) is 30.6 Å². The van der Waals surface area contributed by atoms with Crippen molar-refractivity contribution >= 4 is 0 Å². The maximum absolute atomic E-state index is 3.81. The molecule has 3 atom stereocenters. The second-order valence-electron chi connectivity index (χ2n) is 4.34. The Morgan fingerprint density at radius 1 is 0.923 bits per heavy atom. The molecule has 0 rings (SSSR count). The van der Waals surface area contributed by atoms with Gasteiger partial charge in [0.25, 0.3) is 0 Å². The molecule has 0 aliphatic rings. The molecule has 0 saturated carbocycles. The first-order valence-electron chi connectivity index (χ1n) is 5.35. The number of hydrogen-bond donors (Lipinski definition) is 0. The minimum absolute atomic E-state index is 0.661. The molecule has 0 bridgehead atoms. The van der Waals surface area contributed by atoms with Crippen LogP contribution in [-0.4, -0.2) is 0 Å². The fourth-order valence-electron chi connectivity index (χ4n) is 1.51. The van der Waals surface area contributed by atoms with Crippen molar-refractivity contribution in [3.63, 3.8) is 0 Å². The molecule has 0 heterocycles. The lowest BCUT2D eigenvalue weighted by Gasteiger charge is -2.15. The highest BCUT2D eigenvalue weighted by molar-refractivity contribution is 4.78. The highest BCUT2D eigenvalue weighted by Gasteiger charge is 2.07. The molecule has 13 heavy (non-hydrogen) atoms. The first-order chi connectivity index (χ1) is 6.10. The van der Waals surface area contributed by atoms with E-state index in [0.717, 1.165) is 5.92 Å². The van der Waals surface area contributed by atoms with E-state index in [-0.39, 0.29) is 0 Å². The lowest BCUT2D eigenvalue weighted by atomic mass is 9.91. The van der Waals surface area contributed by atoms with Crippen LogP contribution in [-0.2, 0) is 0 Å². The predicted octanol–water partition coefficient (Wildman–Crippen LogP) is 4.44. The summed E-state index contributed by atoms with van der Waals surface area (Å²) in [6.45, 7) is 14.4. The van der Waals surface area contributed by atoms with Gasteiger partial charge in [-0.2, -0.15) is 0 Å². The zero-order chi connectivity index (χ0) is 10.3. The third-order valence-electron chi connectivity index (χ3n) is 2.69. The van der Waals surface area contributed by atoms with Crippen LogP contribution in [0, 0.1) is 17.8 Å². The monoisotopic (exact) mass is 180 g/mol. The van der Waals surface area contributed by atoms with Gasteiger partial charge in [0, 0.05) is 0 Å².